The molecule has 0 aliphatic heterocycles. The van der Waals surface area contributed by atoms with E-state index >= 15 is 0 Å². The van der Waals surface area contributed by atoms with E-state index in [-0.39, 0.29) is 44.2 Å². The zero-order valence-electron chi connectivity index (χ0n) is 15.7. The number of rotatable bonds is 2. The SMILES string of the molecule is CC(C)CC1=[C-]CC=C1.CC(C)O.CC(C)O.CC(C)O.[Hf]. The maximum Gasteiger partial charge on any atom is 0.0483 e. The third-order valence-electron chi connectivity index (χ3n) is 1.39. The summed E-state index contributed by atoms with van der Waals surface area (Å²) < 4.78 is 0. The van der Waals surface area contributed by atoms with Crippen LogP contribution in [0.4, 0.5) is 0 Å². The summed E-state index contributed by atoms with van der Waals surface area (Å²) in [7, 11) is 0. The maximum atomic E-state index is 8.06. The Morgan fingerprint density at radius 2 is 1.18 bits per heavy atom. The fourth-order valence-corrected chi connectivity index (χ4v) is 1.03. The summed E-state index contributed by atoms with van der Waals surface area (Å²) in [5, 5.41) is 24.2. The first kappa shape index (κ1) is 30.1. The molecule has 0 heterocycles. The van der Waals surface area contributed by atoms with E-state index in [1.165, 1.54) is 12.0 Å². The zero-order valence-corrected chi connectivity index (χ0v) is 19.3. The molecule has 0 radical (unpaired) electrons. The summed E-state index contributed by atoms with van der Waals surface area (Å²) in [5.74, 6) is 0.773. The molecular weight excluding hydrogens is 443 g/mol. The van der Waals surface area contributed by atoms with Gasteiger partial charge in [-0.3, -0.25) is 6.08 Å². The second-order valence-electron chi connectivity index (χ2n) is 6.19. The normalized spacial score (nSPS) is 11.9. The molecule has 0 aromatic rings. The van der Waals surface area contributed by atoms with Gasteiger partial charge < -0.3 is 15.3 Å². The van der Waals surface area contributed by atoms with Gasteiger partial charge in [0.05, 0.1) is 0 Å². The Labute approximate surface area is 157 Å². The van der Waals surface area contributed by atoms with E-state index in [4.69, 9.17) is 15.3 Å². The van der Waals surface area contributed by atoms with E-state index in [0.717, 1.165) is 12.3 Å². The average Bonchev–Trinajstić information content (AvgIpc) is 2.65. The van der Waals surface area contributed by atoms with Gasteiger partial charge in [0.1, 0.15) is 0 Å². The number of hydrogen-bond donors (Lipinski definition) is 3. The zero-order chi connectivity index (χ0) is 17.4. The molecular formula is C18H37HfO3-. The molecule has 22 heavy (non-hydrogen) atoms. The summed E-state index contributed by atoms with van der Waals surface area (Å²) in [6, 6.07) is 0. The topological polar surface area (TPSA) is 60.7 Å². The van der Waals surface area contributed by atoms with Crippen LogP contribution in [0.15, 0.2) is 17.7 Å². The quantitative estimate of drug-likeness (QED) is 0.416. The van der Waals surface area contributed by atoms with Crippen molar-refractivity contribution in [2.24, 2.45) is 5.92 Å². The molecule has 3 N–H and O–H groups in total. The third kappa shape index (κ3) is 59.3. The first-order valence-electron chi connectivity index (χ1n) is 7.79. The molecule has 0 unspecified atom stereocenters. The van der Waals surface area contributed by atoms with Crippen molar-refractivity contribution >= 4 is 0 Å². The smallest absolute Gasteiger partial charge is 0.0483 e. The molecule has 0 amide bonds. The van der Waals surface area contributed by atoms with Crippen LogP contribution >= 0.6 is 0 Å². The minimum atomic E-state index is -0.167. The molecule has 132 valence electrons. The largest absolute Gasteiger partial charge is 0.394 e. The van der Waals surface area contributed by atoms with Crippen LogP contribution in [0.5, 0.6) is 0 Å². The van der Waals surface area contributed by atoms with E-state index in [1.807, 2.05) is 0 Å². The minimum absolute atomic E-state index is 0. The summed E-state index contributed by atoms with van der Waals surface area (Å²) in [5.41, 5.74) is 1.39. The molecule has 0 fully saturated rings. The molecule has 1 aliphatic carbocycles. The number of hydrogen-bond acceptors (Lipinski definition) is 3. The molecule has 3 nitrogen and oxygen atoms in total. The first-order chi connectivity index (χ1) is 9.48. The van der Waals surface area contributed by atoms with Gasteiger partial charge in [-0.1, -0.05) is 20.3 Å². The number of aliphatic hydroxyl groups excluding tert-OH is 3. The van der Waals surface area contributed by atoms with Crippen LogP contribution in [0.1, 0.15) is 68.2 Å². The van der Waals surface area contributed by atoms with Crippen molar-refractivity contribution in [2.75, 3.05) is 0 Å². The van der Waals surface area contributed by atoms with E-state index < -0.39 is 0 Å². The Morgan fingerprint density at radius 3 is 1.36 bits per heavy atom. The van der Waals surface area contributed by atoms with E-state index in [2.05, 4.69) is 32.1 Å². The van der Waals surface area contributed by atoms with Gasteiger partial charge in [0.2, 0.25) is 0 Å². The molecule has 0 aromatic carbocycles. The summed E-state index contributed by atoms with van der Waals surface area (Å²) in [6.07, 6.45) is 9.36. The molecule has 1 aliphatic rings. The van der Waals surface area contributed by atoms with Gasteiger partial charge in [-0.25, -0.2) is 11.6 Å². The van der Waals surface area contributed by atoms with Crippen molar-refractivity contribution in [3.8, 4) is 0 Å². The summed E-state index contributed by atoms with van der Waals surface area (Å²) >= 11 is 0. The number of aliphatic hydroxyl groups is 3. The van der Waals surface area contributed by atoms with Crippen LogP contribution in [-0.4, -0.2) is 33.6 Å². The van der Waals surface area contributed by atoms with Crippen LogP contribution in [0.3, 0.4) is 0 Å². The van der Waals surface area contributed by atoms with Crippen LogP contribution in [-0.2, 0) is 25.8 Å². The monoisotopic (exact) mass is 481 g/mol. The Balaban J connectivity index is -0.000000107. The summed E-state index contributed by atoms with van der Waals surface area (Å²) in [6.45, 7) is 14.8. The molecule has 0 atom stereocenters. The van der Waals surface area contributed by atoms with Crippen molar-refractivity contribution in [3.63, 3.8) is 0 Å². The Bertz CT molecular complexity index is 235. The van der Waals surface area contributed by atoms with Crippen LogP contribution in [0.2, 0.25) is 0 Å². The van der Waals surface area contributed by atoms with Crippen molar-refractivity contribution in [3.05, 3.63) is 23.8 Å². The molecule has 0 bridgehead atoms. The van der Waals surface area contributed by atoms with Gasteiger partial charge in [0, 0.05) is 44.2 Å². The average molecular weight is 480 g/mol. The fraction of sp³-hybridized carbons (Fsp3) is 0.778. The second-order valence-corrected chi connectivity index (χ2v) is 6.19. The standard InChI is InChI=1S/C9H13.3C3H8O.Hf/c1-8(2)7-9-5-3-4-6-9;3*1-3(2)4;/h3,5,8H,4,7H2,1-2H3;3*3-4H,1-2H3;/q-1;;;;. The van der Waals surface area contributed by atoms with E-state index in [0.29, 0.717) is 0 Å². The van der Waals surface area contributed by atoms with Gasteiger partial charge in [0.15, 0.2) is 0 Å². The molecule has 1 rings (SSSR count). The van der Waals surface area contributed by atoms with E-state index in [1.54, 1.807) is 41.5 Å². The van der Waals surface area contributed by atoms with Gasteiger partial charge in [-0.15, -0.1) is 6.42 Å². The number of allylic oxidation sites excluding steroid dienone is 4. The predicted molar refractivity (Wildman–Crippen MR) is 92.0 cm³/mol. The minimum Gasteiger partial charge on any atom is -0.394 e. The van der Waals surface area contributed by atoms with Crippen LogP contribution in [0.25, 0.3) is 0 Å². The van der Waals surface area contributed by atoms with Gasteiger partial charge in [-0.05, 0) is 47.5 Å². The Hall–Kier alpha value is 0.230. The first-order valence-corrected chi connectivity index (χ1v) is 7.79. The van der Waals surface area contributed by atoms with Crippen molar-refractivity contribution in [1.82, 2.24) is 0 Å². The van der Waals surface area contributed by atoms with E-state index in [9.17, 15) is 0 Å². The molecule has 0 saturated heterocycles. The Morgan fingerprint density at radius 1 is 0.864 bits per heavy atom. The van der Waals surface area contributed by atoms with Crippen molar-refractivity contribution < 1.29 is 41.2 Å². The predicted octanol–water partition coefficient (Wildman–Crippen LogP) is 3.88. The van der Waals surface area contributed by atoms with Gasteiger partial charge in [-0.2, -0.15) is 6.08 Å². The van der Waals surface area contributed by atoms with Crippen molar-refractivity contribution in [2.45, 2.75) is 86.5 Å². The van der Waals surface area contributed by atoms with Crippen LogP contribution in [0, 0.1) is 12.0 Å². The summed E-state index contributed by atoms with van der Waals surface area (Å²) in [4.78, 5) is 0. The molecule has 0 spiro atoms. The molecule has 0 saturated carbocycles. The molecule has 4 heteroatoms. The van der Waals surface area contributed by atoms with Crippen molar-refractivity contribution in [1.29, 1.82) is 0 Å². The maximum absolute atomic E-state index is 8.06. The van der Waals surface area contributed by atoms with Crippen LogP contribution < -0.4 is 0 Å². The third-order valence-corrected chi connectivity index (χ3v) is 1.39. The second kappa shape index (κ2) is 21.2. The van der Waals surface area contributed by atoms with Gasteiger partial charge >= 0.3 is 0 Å². The molecule has 0 aromatic heterocycles. The van der Waals surface area contributed by atoms with Gasteiger partial charge in [0.25, 0.3) is 0 Å². The fourth-order valence-electron chi connectivity index (χ4n) is 1.03. The Kier molecular flexibility index (Phi) is 29.1.